The lowest BCUT2D eigenvalue weighted by molar-refractivity contribution is -0.198. The zero-order valence-corrected chi connectivity index (χ0v) is 9.12. The first-order valence-electron chi connectivity index (χ1n) is 5.31. The molecule has 4 nitrogen and oxygen atoms in total. The molecular weight excluding hydrogens is 222 g/mol. The van der Waals surface area contributed by atoms with E-state index in [9.17, 15) is 18.7 Å². The third kappa shape index (κ3) is 2.89. The van der Waals surface area contributed by atoms with Crippen LogP contribution in [-0.4, -0.2) is 42.9 Å². The Morgan fingerprint density at radius 1 is 1.69 bits per heavy atom. The molecule has 0 amide bonds. The second kappa shape index (κ2) is 5.54. The molecule has 1 fully saturated rings. The van der Waals surface area contributed by atoms with Gasteiger partial charge in [0.1, 0.15) is 6.10 Å². The summed E-state index contributed by atoms with van der Waals surface area (Å²) in [5, 5.41) is 9.47. The third-order valence-corrected chi connectivity index (χ3v) is 2.56. The van der Waals surface area contributed by atoms with E-state index >= 15 is 0 Å². The summed E-state index contributed by atoms with van der Waals surface area (Å²) in [5.74, 6) is -6.25. The second-order valence-electron chi connectivity index (χ2n) is 3.77. The number of rotatable bonds is 4. The van der Waals surface area contributed by atoms with Gasteiger partial charge in [0.25, 0.3) is 0 Å². The number of alkyl halides is 2. The van der Waals surface area contributed by atoms with E-state index < -0.39 is 23.9 Å². The minimum absolute atomic E-state index is 0.0517. The zero-order chi connectivity index (χ0) is 12.2. The summed E-state index contributed by atoms with van der Waals surface area (Å²) in [7, 11) is 0. The van der Waals surface area contributed by atoms with Gasteiger partial charge in [-0.15, -0.1) is 0 Å². The number of carbonyl (C=O) groups is 1. The first kappa shape index (κ1) is 13.3. The smallest absolute Gasteiger partial charge is 0.379 e. The molecule has 1 heterocycles. The zero-order valence-electron chi connectivity index (χ0n) is 9.12. The number of esters is 1. The molecule has 0 aliphatic carbocycles. The number of carbonyl (C=O) groups excluding carboxylic acids is 1. The molecule has 0 radical (unpaired) electrons. The molecule has 1 N–H and O–H groups in total. The van der Waals surface area contributed by atoms with Crippen molar-refractivity contribution in [1.29, 1.82) is 0 Å². The molecule has 0 aromatic rings. The highest BCUT2D eigenvalue weighted by Gasteiger charge is 2.51. The van der Waals surface area contributed by atoms with E-state index in [2.05, 4.69) is 4.74 Å². The average Bonchev–Trinajstić information content (AvgIpc) is 2.29. The molecule has 0 bridgehead atoms. The number of ether oxygens (including phenoxy) is 2. The first-order chi connectivity index (χ1) is 7.50. The number of halogens is 2. The molecule has 1 aliphatic heterocycles. The summed E-state index contributed by atoms with van der Waals surface area (Å²) in [4.78, 5) is 11.0. The van der Waals surface area contributed by atoms with Crippen molar-refractivity contribution in [2.75, 3.05) is 19.8 Å². The van der Waals surface area contributed by atoms with E-state index in [4.69, 9.17) is 4.74 Å². The Kier molecular flexibility index (Phi) is 4.61. The van der Waals surface area contributed by atoms with E-state index in [0.29, 0.717) is 19.4 Å². The van der Waals surface area contributed by atoms with Crippen molar-refractivity contribution in [2.45, 2.75) is 31.8 Å². The van der Waals surface area contributed by atoms with Crippen LogP contribution in [0, 0.1) is 5.92 Å². The van der Waals surface area contributed by atoms with Crippen LogP contribution >= 0.6 is 0 Å². The molecule has 2 atom stereocenters. The van der Waals surface area contributed by atoms with Crippen LogP contribution in [0.25, 0.3) is 0 Å². The van der Waals surface area contributed by atoms with E-state index in [0.717, 1.165) is 0 Å². The van der Waals surface area contributed by atoms with E-state index in [-0.39, 0.29) is 13.2 Å². The van der Waals surface area contributed by atoms with Crippen LogP contribution in [0.5, 0.6) is 0 Å². The fourth-order valence-electron chi connectivity index (χ4n) is 1.66. The van der Waals surface area contributed by atoms with Crippen LogP contribution in [0.1, 0.15) is 19.8 Å². The normalized spacial score (nSPS) is 23.9. The third-order valence-electron chi connectivity index (χ3n) is 2.56. The number of aliphatic hydroxyl groups is 1. The standard InChI is InChI=1S/C10H16F2O4/c1-2-16-9(14)10(11,12)8(13)7-4-3-5-15-6-7/h7-8,13H,2-6H2,1H3. The molecule has 0 aromatic carbocycles. The lowest BCUT2D eigenvalue weighted by Gasteiger charge is -2.30. The molecular formula is C10H16F2O4. The lowest BCUT2D eigenvalue weighted by Crippen LogP contribution is -2.48. The summed E-state index contributed by atoms with van der Waals surface area (Å²) in [5.41, 5.74) is 0. The highest BCUT2D eigenvalue weighted by Crippen LogP contribution is 2.30. The van der Waals surface area contributed by atoms with Crippen molar-refractivity contribution in [2.24, 2.45) is 5.92 Å². The monoisotopic (exact) mass is 238 g/mol. The van der Waals surface area contributed by atoms with Crippen molar-refractivity contribution in [3.05, 3.63) is 0 Å². The molecule has 1 saturated heterocycles. The van der Waals surface area contributed by atoms with Gasteiger partial charge in [-0.2, -0.15) is 8.78 Å². The lowest BCUT2D eigenvalue weighted by atomic mass is 9.92. The van der Waals surface area contributed by atoms with Crippen molar-refractivity contribution >= 4 is 5.97 Å². The Morgan fingerprint density at radius 2 is 2.38 bits per heavy atom. The van der Waals surface area contributed by atoms with Gasteiger partial charge in [-0.25, -0.2) is 4.79 Å². The largest absolute Gasteiger partial charge is 0.461 e. The molecule has 1 rings (SSSR count). The summed E-state index contributed by atoms with van der Waals surface area (Å²) in [6, 6.07) is 0. The van der Waals surface area contributed by atoms with Crippen LogP contribution in [0.2, 0.25) is 0 Å². The highest BCUT2D eigenvalue weighted by molar-refractivity contribution is 5.78. The maximum Gasteiger partial charge on any atom is 0.379 e. The minimum atomic E-state index is -3.86. The molecule has 94 valence electrons. The molecule has 2 unspecified atom stereocenters. The Morgan fingerprint density at radius 3 is 2.88 bits per heavy atom. The quantitative estimate of drug-likeness (QED) is 0.741. The predicted octanol–water partition coefficient (Wildman–Crippen LogP) is 0.972. The van der Waals surface area contributed by atoms with Crippen LogP contribution < -0.4 is 0 Å². The Balaban J connectivity index is 2.61. The van der Waals surface area contributed by atoms with Crippen molar-refractivity contribution in [1.82, 2.24) is 0 Å². The summed E-state index contributed by atoms with van der Waals surface area (Å²) < 4.78 is 36.0. The number of hydrogen-bond donors (Lipinski definition) is 1. The Hall–Kier alpha value is -0.750. The minimum Gasteiger partial charge on any atom is -0.461 e. The summed E-state index contributed by atoms with van der Waals surface area (Å²) >= 11 is 0. The van der Waals surface area contributed by atoms with E-state index in [1.54, 1.807) is 0 Å². The van der Waals surface area contributed by atoms with Gasteiger partial charge >= 0.3 is 11.9 Å². The van der Waals surface area contributed by atoms with Gasteiger partial charge < -0.3 is 14.6 Å². The Bertz CT molecular complexity index is 239. The molecule has 6 heteroatoms. The maximum atomic E-state index is 13.4. The van der Waals surface area contributed by atoms with Crippen LogP contribution in [-0.2, 0) is 14.3 Å². The number of aliphatic hydroxyl groups excluding tert-OH is 1. The summed E-state index contributed by atoms with van der Waals surface area (Å²) in [6.45, 7) is 1.86. The van der Waals surface area contributed by atoms with Gasteiger partial charge in [0.2, 0.25) is 0 Å². The molecule has 16 heavy (non-hydrogen) atoms. The second-order valence-corrected chi connectivity index (χ2v) is 3.77. The van der Waals surface area contributed by atoms with Crippen molar-refractivity contribution in [3.8, 4) is 0 Å². The molecule has 0 spiro atoms. The van der Waals surface area contributed by atoms with E-state index in [1.807, 2.05) is 0 Å². The van der Waals surface area contributed by atoms with Crippen LogP contribution in [0.15, 0.2) is 0 Å². The molecule has 1 aliphatic rings. The SMILES string of the molecule is CCOC(=O)C(F)(F)C(O)C1CCCOC1. The maximum absolute atomic E-state index is 13.4. The number of hydrogen-bond acceptors (Lipinski definition) is 4. The average molecular weight is 238 g/mol. The van der Waals surface area contributed by atoms with Gasteiger partial charge in [-0.05, 0) is 19.8 Å². The van der Waals surface area contributed by atoms with Crippen LogP contribution in [0.4, 0.5) is 8.78 Å². The Labute approximate surface area is 92.5 Å². The molecule has 0 saturated carbocycles. The van der Waals surface area contributed by atoms with Crippen LogP contribution in [0.3, 0.4) is 0 Å². The van der Waals surface area contributed by atoms with Gasteiger partial charge in [-0.1, -0.05) is 0 Å². The predicted molar refractivity (Wildman–Crippen MR) is 51.1 cm³/mol. The van der Waals surface area contributed by atoms with Crippen molar-refractivity contribution < 1.29 is 28.2 Å². The van der Waals surface area contributed by atoms with Gasteiger partial charge in [0, 0.05) is 12.5 Å². The van der Waals surface area contributed by atoms with E-state index in [1.165, 1.54) is 6.92 Å². The fraction of sp³-hybridized carbons (Fsp3) is 0.900. The van der Waals surface area contributed by atoms with Gasteiger partial charge in [-0.3, -0.25) is 0 Å². The topological polar surface area (TPSA) is 55.8 Å². The summed E-state index contributed by atoms with van der Waals surface area (Å²) in [6.07, 6.45) is -0.997. The molecule has 0 aromatic heterocycles. The van der Waals surface area contributed by atoms with Crippen molar-refractivity contribution in [3.63, 3.8) is 0 Å². The highest BCUT2D eigenvalue weighted by atomic mass is 19.3. The van der Waals surface area contributed by atoms with Gasteiger partial charge in [0.15, 0.2) is 0 Å². The fourth-order valence-corrected chi connectivity index (χ4v) is 1.66. The first-order valence-corrected chi connectivity index (χ1v) is 5.31. The van der Waals surface area contributed by atoms with Gasteiger partial charge in [0.05, 0.1) is 13.2 Å².